The first-order valence-electron chi connectivity index (χ1n) is 10.9. The molecule has 2 aliphatic heterocycles. The Morgan fingerprint density at radius 3 is 2.70 bits per heavy atom. The standard InChI is InChI=1S/C21H39N5O/c1-4-26-9-5-6-21(26)17-25(16-20-14-18(2)22-23-20)15-19-7-10-24(11-8-19)12-13-27-3/h14,19,21H,4-13,15-17H2,1-3H3,(H,22,23). The summed E-state index contributed by atoms with van der Waals surface area (Å²) in [5.41, 5.74) is 2.35. The molecular weight excluding hydrogens is 338 g/mol. The molecule has 2 aliphatic rings. The zero-order valence-corrected chi connectivity index (χ0v) is 17.6. The number of rotatable bonds is 10. The van der Waals surface area contributed by atoms with Gasteiger partial charge >= 0.3 is 0 Å². The molecule has 6 heteroatoms. The molecule has 0 aromatic carbocycles. The van der Waals surface area contributed by atoms with Crippen LogP contribution in [0, 0.1) is 12.8 Å². The lowest BCUT2D eigenvalue weighted by atomic mass is 9.95. The molecule has 0 radical (unpaired) electrons. The molecule has 1 aromatic heterocycles. The predicted molar refractivity (Wildman–Crippen MR) is 110 cm³/mol. The Hall–Kier alpha value is -0.950. The first-order valence-corrected chi connectivity index (χ1v) is 10.9. The molecular formula is C21H39N5O. The topological polar surface area (TPSA) is 47.6 Å². The number of H-pyrrole nitrogens is 1. The minimum absolute atomic E-state index is 0.719. The van der Waals surface area contributed by atoms with Crippen LogP contribution in [0.25, 0.3) is 0 Å². The van der Waals surface area contributed by atoms with Gasteiger partial charge in [-0.1, -0.05) is 6.92 Å². The van der Waals surface area contributed by atoms with Gasteiger partial charge in [-0.15, -0.1) is 0 Å². The van der Waals surface area contributed by atoms with E-state index in [1.165, 1.54) is 70.6 Å². The summed E-state index contributed by atoms with van der Waals surface area (Å²) in [6, 6.07) is 2.92. The lowest BCUT2D eigenvalue weighted by Gasteiger charge is -2.36. The van der Waals surface area contributed by atoms with Gasteiger partial charge in [0.2, 0.25) is 0 Å². The summed E-state index contributed by atoms with van der Waals surface area (Å²) in [6.45, 7) is 14.6. The lowest BCUT2D eigenvalue weighted by Crippen LogP contribution is -2.44. The molecule has 6 nitrogen and oxygen atoms in total. The fourth-order valence-corrected chi connectivity index (χ4v) is 4.78. The van der Waals surface area contributed by atoms with Crippen molar-refractivity contribution in [2.75, 3.05) is 59.5 Å². The van der Waals surface area contributed by atoms with Crippen LogP contribution in [-0.4, -0.2) is 90.5 Å². The molecule has 154 valence electrons. The van der Waals surface area contributed by atoms with Gasteiger partial charge in [-0.2, -0.15) is 5.10 Å². The average Bonchev–Trinajstić information content (AvgIpc) is 3.29. The fourth-order valence-electron chi connectivity index (χ4n) is 4.78. The van der Waals surface area contributed by atoms with E-state index in [0.717, 1.165) is 37.4 Å². The highest BCUT2D eigenvalue weighted by Crippen LogP contribution is 2.22. The normalized spacial score (nSPS) is 22.9. The van der Waals surface area contributed by atoms with Crippen molar-refractivity contribution in [3.8, 4) is 0 Å². The number of likely N-dealkylation sites (tertiary alicyclic amines) is 2. The van der Waals surface area contributed by atoms with E-state index in [1.807, 2.05) is 0 Å². The number of aromatic nitrogens is 2. The number of piperidine rings is 1. The smallest absolute Gasteiger partial charge is 0.0765 e. The van der Waals surface area contributed by atoms with E-state index < -0.39 is 0 Å². The van der Waals surface area contributed by atoms with E-state index in [4.69, 9.17) is 4.74 Å². The van der Waals surface area contributed by atoms with Crippen molar-refractivity contribution in [3.63, 3.8) is 0 Å². The third-order valence-corrected chi connectivity index (χ3v) is 6.35. The highest BCUT2D eigenvalue weighted by Gasteiger charge is 2.27. The molecule has 1 unspecified atom stereocenters. The first-order chi connectivity index (χ1) is 13.2. The fraction of sp³-hybridized carbons (Fsp3) is 0.857. The van der Waals surface area contributed by atoms with Gasteiger partial charge in [0.1, 0.15) is 0 Å². The van der Waals surface area contributed by atoms with Crippen molar-refractivity contribution in [1.29, 1.82) is 0 Å². The van der Waals surface area contributed by atoms with Crippen molar-refractivity contribution in [2.24, 2.45) is 5.92 Å². The van der Waals surface area contributed by atoms with E-state index >= 15 is 0 Å². The molecule has 3 rings (SSSR count). The van der Waals surface area contributed by atoms with Crippen LogP contribution in [-0.2, 0) is 11.3 Å². The molecule has 2 saturated heterocycles. The number of aromatic amines is 1. The Balaban J connectivity index is 1.54. The highest BCUT2D eigenvalue weighted by atomic mass is 16.5. The zero-order chi connectivity index (χ0) is 19.1. The van der Waals surface area contributed by atoms with E-state index in [-0.39, 0.29) is 0 Å². The average molecular weight is 378 g/mol. The van der Waals surface area contributed by atoms with E-state index in [2.05, 4.69) is 44.8 Å². The molecule has 2 fully saturated rings. The predicted octanol–water partition coefficient (Wildman–Crippen LogP) is 2.36. The maximum atomic E-state index is 5.23. The van der Waals surface area contributed by atoms with E-state index in [0.29, 0.717) is 0 Å². The summed E-state index contributed by atoms with van der Waals surface area (Å²) in [5, 5.41) is 7.62. The van der Waals surface area contributed by atoms with E-state index in [1.54, 1.807) is 7.11 Å². The summed E-state index contributed by atoms with van der Waals surface area (Å²) in [7, 11) is 1.80. The maximum Gasteiger partial charge on any atom is 0.0765 e. The second-order valence-corrected chi connectivity index (χ2v) is 8.44. The number of nitrogens with one attached hydrogen (secondary N) is 1. The second kappa shape index (κ2) is 10.6. The number of methoxy groups -OCH3 is 1. The molecule has 0 spiro atoms. The van der Waals surface area contributed by atoms with Crippen molar-refractivity contribution < 1.29 is 4.74 Å². The quantitative estimate of drug-likeness (QED) is 0.678. The second-order valence-electron chi connectivity index (χ2n) is 8.44. The largest absolute Gasteiger partial charge is 0.383 e. The minimum Gasteiger partial charge on any atom is -0.383 e. The molecule has 0 aliphatic carbocycles. The Kier molecular flexibility index (Phi) is 8.12. The van der Waals surface area contributed by atoms with Gasteiger partial charge in [0.05, 0.1) is 12.3 Å². The molecule has 27 heavy (non-hydrogen) atoms. The van der Waals surface area contributed by atoms with Crippen LogP contribution in [0.4, 0.5) is 0 Å². The number of hydrogen-bond donors (Lipinski definition) is 1. The van der Waals surface area contributed by atoms with Crippen LogP contribution in [0.15, 0.2) is 6.07 Å². The highest BCUT2D eigenvalue weighted by molar-refractivity contribution is 5.06. The van der Waals surface area contributed by atoms with Crippen molar-refractivity contribution in [2.45, 2.75) is 52.1 Å². The summed E-state index contributed by atoms with van der Waals surface area (Å²) >= 11 is 0. The zero-order valence-electron chi connectivity index (χ0n) is 17.6. The Bertz CT molecular complexity index is 540. The van der Waals surface area contributed by atoms with Crippen LogP contribution < -0.4 is 0 Å². The number of nitrogens with zero attached hydrogens (tertiary/aromatic N) is 4. The first kappa shape index (κ1) is 20.8. The van der Waals surface area contributed by atoms with Gasteiger partial charge in [0.25, 0.3) is 0 Å². The van der Waals surface area contributed by atoms with Gasteiger partial charge in [-0.05, 0) is 70.8 Å². The van der Waals surface area contributed by atoms with Crippen LogP contribution in [0.1, 0.15) is 44.0 Å². The monoisotopic (exact) mass is 377 g/mol. The number of hydrogen-bond acceptors (Lipinski definition) is 5. The Morgan fingerprint density at radius 2 is 2.04 bits per heavy atom. The van der Waals surface area contributed by atoms with Gasteiger partial charge in [-0.3, -0.25) is 14.9 Å². The molecule has 3 heterocycles. The van der Waals surface area contributed by atoms with Crippen LogP contribution in [0.3, 0.4) is 0 Å². The lowest BCUT2D eigenvalue weighted by molar-refractivity contribution is 0.0960. The SMILES string of the molecule is CCN1CCCC1CN(Cc1cc(C)[nH]n1)CC1CCN(CCOC)CC1. The number of aryl methyl sites for hydroxylation is 1. The maximum absolute atomic E-state index is 5.23. The number of likely N-dealkylation sites (N-methyl/N-ethyl adjacent to an activating group) is 1. The summed E-state index contributed by atoms with van der Waals surface area (Å²) in [4.78, 5) is 7.90. The molecule has 0 bridgehead atoms. The van der Waals surface area contributed by atoms with Crippen LogP contribution in [0.5, 0.6) is 0 Å². The van der Waals surface area contributed by atoms with Gasteiger partial charge in [0.15, 0.2) is 0 Å². The van der Waals surface area contributed by atoms with Crippen molar-refractivity contribution in [1.82, 2.24) is 24.9 Å². The third-order valence-electron chi connectivity index (χ3n) is 6.35. The number of ether oxygens (including phenoxy) is 1. The summed E-state index contributed by atoms with van der Waals surface area (Å²) in [6.07, 6.45) is 5.31. The van der Waals surface area contributed by atoms with Gasteiger partial charge in [-0.25, -0.2) is 0 Å². The van der Waals surface area contributed by atoms with Crippen molar-refractivity contribution in [3.05, 3.63) is 17.5 Å². The molecule has 1 aromatic rings. The third kappa shape index (κ3) is 6.28. The Morgan fingerprint density at radius 1 is 1.22 bits per heavy atom. The molecule has 0 saturated carbocycles. The molecule has 1 atom stereocenters. The van der Waals surface area contributed by atoms with Gasteiger partial charge in [0, 0.05) is 45.0 Å². The van der Waals surface area contributed by atoms with Crippen LogP contribution in [0.2, 0.25) is 0 Å². The summed E-state index contributed by atoms with van der Waals surface area (Å²) in [5.74, 6) is 0.806. The van der Waals surface area contributed by atoms with Crippen molar-refractivity contribution >= 4 is 0 Å². The van der Waals surface area contributed by atoms with E-state index in [9.17, 15) is 0 Å². The minimum atomic E-state index is 0.719. The molecule has 0 amide bonds. The van der Waals surface area contributed by atoms with Crippen LogP contribution >= 0.6 is 0 Å². The summed E-state index contributed by atoms with van der Waals surface area (Å²) < 4.78 is 5.23. The molecule has 1 N–H and O–H groups in total. The van der Waals surface area contributed by atoms with Gasteiger partial charge < -0.3 is 9.64 Å². The Labute approximate surface area is 165 Å².